The van der Waals surface area contributed by atoms with Gasteiger partial charge in [0.15, 0.2) is 0 Å². The number of fused-ring (bicyclic) bond motifs is 1. The lowest BCUT2D eigenvalue weighted by molar-refractivity contribution is 0.151. The second-order valence-corrected chi connectivity index (χ2v) is 6.95. The standard InChI is InChI=1S/C22H21F2N3O2/c23-16-5-4-15(18(24)11-16)13-27-19-2-1-3-20(17(19)6-7-22(27)28)29-21-10-14(12-25)8-9-26-21/h1-5,8-11,22,28H,6-7,12-13,25H2. The van der Waals surface area contributed by atoms with Crippen LogP contribution in [0, 0.1) is 11.6 Å². The lowest BCUT2D eigenvalue weighted by atomic mass is 9.98. The van der Waals surface area contributed by atoms with Crippen molar-refractivity contribution < 1.29 is 18.6 Å². The zero-order valence-corrected chi connectivity index (χ0v) is 15.7. The van der Waals surface area contributed by atoms with Crippen LogP contribution in [0.3, 0.4) is 0 Å². The zero-order chi connectivity index (χ0) is 20.4. The van der Waals surface area contributed by atoms with E-state index in [-0.39, 0.29) is 6.54 Å². The van der Waals surface area contributed by atoms with Gasteiger partial charge in [0, 0.05) is 48.2 Å². The summed E-state index contributed by atoms with van der Waals surface area (Å²) in [6.07, 6.45) is 1.93. The minimum Gasteiger partial charge on any atom is -0.439 e. The first-order valence-corrected chi connectivity index (χ1v) is 9.38. The summed E-state index contributed by atoms with van der Waals surface area (Å²) in [5.41, 5.74) is 8.55. The predicted molar refractivity (Wildman–Crippen MR) is 106 cm³/mol. The van der Waals surface area contributed by atoms with Crippen molar-refractivity contribution in [3.8, 4) is 11.6 Å². The summed E-state index contributed by atoms with van der Waals surface area (Å²) in [5.74, 6) is -0.211. The second-order valence-electron chi connectivity index (χ2n) is 6.95. The fourth-order valence-electron chi connectivity index (χ4n) is 3.53. The van der Waals surface area contributed by atoms with Gasteiger partial charge in [0.25, 0.3) is 0 Å². The first-order valence-electron chi connectivity index (χ1n) is 9.38. The molecular formula is C22H21F2N3O2. The summed E-state index contributed by atoms with van der Waals surface area (Å²) in [7, 11) is 0. The fraction of sp³-hybridized carbons (Fsp3) is 0.227. The Labute approximate surface area is 167 Å². The molecule has 1 aliphatic rings. The van der Waals surface area contributed by atoms with E-state index in [4.69, 9.17) is 10.5 Å². The summed E-state index contributed by atoms with van der Waals surface area (Å²) in [4.78, 5) is 5.93. The van der Waals surface area contributed by atoms with Crippen molar-refractivity contribution in [2.75, 3.05) is 4.90 Å². The van der Waals surface area contributed by atoms with Crippen LogP contribution in [0.1, 0.15) is 23.1 Å². The van der Waals surface area contributed by atoms with E-state index >= 15 is 0 Å². The highest BCUT2D eigenvalue weighted by molar-refractivity contribution is 5.62. The Morgan fingerprint density at radius 1 is 1.17 bits per heavy atom. The van der Waals surface area contributed by atoms with Crippen LogP contribution in [0.5, 0.6) is 11.6 Å². The van der Waals surface area contributed by atoms with E-state index in [2.05, 4.69) is 4.98 Å². The number of nitrogens with zero attached hydrogens (tertiary/aromatic N) is 2. The lowest BCUT2D eigenvalue weighted by Gasteiger charge is -2.36. The molecule has 1 aliphatic heterocycles. The average Bonchev–Trinajstić information content (AvgIpc) is 2.72. The molecule has 0 spiro atoms. The molecule has 3 N–H and O–H groups in total. The third kappa shape index (κ3) is 4.06. The van der Waals surface area contributed by atoms with Gasteiger partial charge < -0.3 is 20.5 Å². The van der Waals surface area contributed by atoms with E-state index in [0.717, 1.165) is 22.9 Å². The number of hydrogen-bond acceptors (Lipinski definition) is 5. The molecule has 0 fully saturated rings. The molecule has 3 aromatic rings. The molecule has 2 aromatic carbocycles. The maximum atomic E-state index is 14.2. The Hall–Kier alpha value is -3.03. The summed E-state index contributed by atoms with van der Waals surface area (Å²) in [5, 5.41) is 10.5. The van der Waals surface area contributed by atoms with Crippen molar-refractivity contribution in [1.29, 1.82) is 0 Å². The number of rotatable bonds is 5. The van der Waals surface area contributed by atoms with Crippen molar-refractivity contribution in [3.05, 3.63) is 83.1 Å². The Morgan fingerprint density at radius 3 is 2.83 bits per heavy atom. The van der Waals surface area contributed by atoms with Crippen LogP contribution < -0.4 is 15.4 Å². The van der Waals surface area contributed by atoms with E-state index < -0.39 is 17.9 Å². The maximum absolute atomic E-state index is 14.2. The number of aromatic nitrogens is 1. The molecule has 0 amide bonds. The Kier molecular flexibility index (Phi) is 5.42. The summed E-state index contributed by atoms with van der Waals surface area (Å²) >= 11 is 0. The molecule has 150 valence electrons. The molecule has 1 aromatic heterocycles. The van der Waals surface area contributed by atoms with Crippen LogP contribution >= 0.6 is 0 Å². The number of aliphatic hydroxyl groups excluding tert-OH is 1. The van der Waals surface area contributed by atoms with Crippen molar-refractivity contribution in [2.24, 2.45) is 5.73 Å². The third-order valence-corrected chi connectivity index (χ3v) is 5.04. The number of aliphatic hydroxyl groups is 1. The van der Waals surface area contributed by atoms with Gasteiger partial charge in [0.05, 0.1) is 0 Å². The van der Waals surface area contributed by atoms with Crippen LogP contribution in [-0.4, -0.2) is 16.3 Å². The largest absolute Gasteiger partial charge is 0.439 e. The molecular weight excluding hydrogens is 376 g/mol. The normalized spacial score (nSPS) is 15.9. The highest BCUT2D eigenvalue weighted by Crippen LogP contribution is 2.38. The van der Waals surface area contributed by atoms with Crippen LogP contribution in [-0.2, 0) is 19.5 Å². The van der Waals surface area contributed by atoms with Crippen molar-refractivity contribution in [1.82, 2.24) is 4.98 Å². The van der Waals surface area contributed by atoms with Gasteiger partial charge in [-0.1, -0.05) is 12.1 Å². The predicted octanol–water partition coefficient (Wildman–Crippen LogP) is 3.88. The van der Waals surface area contributed by atoms with E-state index in [1.807, 2.05) is 24.3 Å². The molecule has 4 rings (SSSR count). The van der Waals surface area contributed by atoms with Crippen LogP contribution in [0.15, 0.2) is 54.7 Å². The van der Waals surface area contributed by atoms with Gasteiger partial charge in [0.2, 0.25) is 5.88 Å². The van der Waals surface area contributed by atoms with Gasteiger partial charge in [-0.15, -0.1) is 0 Å². The molecule has 1 atom stereocenters. The zero-order valence-electron chi connectivity index (χ0n) is 15.7. The first kappa shape index (κ1) is 19.3. The quantitative estimate of drug-likeness (QED) is 0.684. The number of nitrogens with two attached hydrogens (primary N) is 1. The number of benzene rings is 2. The summed E-state index contributed by atoms with van der Waals surface area (Å²) < 4.78 is 33.4. The number of pyridine rings is 1. The van der Waals surface area contributed by atoms with Gasteiger partial charge in [-0.3, -0.25) is 0 Å². The molecule has 29 heavy (non-hydrogen) atoms. The molecule has 5 nitrogen and oxygen atoms in total. The SMILES string of the molecule is NCc1ccnc(Oc2cccc3c2CCC(O)N3Cc2ccc(F)cc2F)c1. The molecule has 1 unspecified atom stereocenters. The minimum absolute atomic E-state index is 0.116. The number of halogens is 2. The van der Waals surface area contributed by atoms with E-state index in [0.29, 0.717) is 36.6 Å². The number of ether oxygens (including phenoxy) is 1. The Bertz CT molecular complexity index is 1030. The molecule has 0 saturated heterocycles. The molecule has 0 radical (unpaired) electrons. The fourth-order valence-corrected chi connectivity index (χ4v) is 3.53. The van der Waals surface area contributed by atoms with Crippen molar-refractivity contribution in [2.45, 2.75) is 32.2 Å². The smallest absolute Gasteiger partial charge is 0.219 e. The maximum Gasteiger partial charge on any atom is 0.219 e. The Balaban J connectivity index is 1.66. The van der Waals surface area contributed by atoms with Gasteiger partial charge in [0.1, 0.15) is 23.6 Å². The van der Waals surface area contributed by atoms with Crippen molar-refractivity contribution in [3.63, 3.8) is 0 Å². The lowest BCUT2D eigenvalue weighted by Crippen LogP contribution is -2.39. The topological polar surface area (TPSA) is 71.6 Å². The van der Waals surface area contributed by atoms with Gasteiger partial charge in [-0.25, -0.2) is 13.8 Å². The summed E-state index contributed by atoms with van der Waals surface area (Å²) in [6, 6.07) is 12.6. The van der Waals surface area contributed by atoms with Crippen LogP contribution in [0.4, 0.5) is 14.5 Å². The molecule has 2 heterocycles. The van der Waals surface area contributed by atoms with E-state index in [9.17, 15) is 13.9 Å². The minimum atomic E-state index is -0.777. The number of anilines is 1. The first-order chi connectivity index (χ1) is 14.0. The highest BCUT2D eigenvalue weighted by Gasteiger charge is 2.28. The van der Waals surface area contributed by atoms with E-state index in [1.54, 1.807) is 17.2 Å². The van der Waals surface area contributed by atoms with Gasteiger partial charge in [-0.2, -0.15) is 0 Å². The molecule has 0 bridgehead atoms. The molecule has 7 heteroatoms. The third-order valence-electron chi connectivity index (χ3n) is 5.04. The molecule has 0 saturated carbocycles. The Morgan fingerprint density at radius 2 is 2.03 bits per heavy atom. The van der Waals surface area contributed by atoms with Crippen molar-refractivity contribution >= 4 is 5.69 Å². The molecule has 0 aliphatic carbocycles. The highest BCUT2D eigenvalue weighted by atomic mass is 19.1. The average molecular weight is 397 g/mol. The summed E-state index contributed by atoms with van der Waals surface area (Å²) in [6.45, 7) is 0.500. The van der Waals surface area contributed by atoms with Crippen LogP contribution in [0.2, 0.25) is 0 Å². The van der Waals surface area contributed by atoms with E-state index in [1.165, 1.54) is 12.1 Å². The van der Waals surface area contributed by atoms with Gasteiger partial charge >= 0.3 is 0 Å². The van der Waals surface area contributed by atoms with Gasteiger partial charge in [-0.05, 0) is 42.7 Å². The monoisotopic (exact) mass is 397 g/mol. The number of hydrogen-bond donors (Lipinski definition) is 2. The van der Waals surface area contributed by atoms with Crippen LogP contribution in [0.25, 0.3) is 0 Å². The second kappa shape index (κ2) is 8.14.